The van der Waals surface area contributed by atoms with Gasteiger partial charge in [0.2, 0.25) is 0 Å². The lowest BCUT2D eigenvalue weighted by molar-refractivity contribution is -0.122. The van der Waals surface area contributed by atoms with Crippen LogP contribution >= 0.6 is 45.2 Å². The van der Waals surface area contributed by atoms with Crippen LogP contribution in [-0.2, 0) is 9.59 Å². The summed E-state index contributed by atoms with van der Waals surface area (Å²) in [5, 5.41) is 12.1. The van der Waals surface area contributed by atoms with Gasteiger partial charge in [0, 0.05) is 0 Å². The second kappa shape index (κ2) is 7.58. The highest BCUT2D eigenvalue weighted by atomic mass is 127. The molecular weight excluding hydrogens is 574 g/mol. The van der Waals surface area contributed by atoms with E-state index in [4.69, 9.17) is 0 Å². The number of amides is 4. The number of nitrogens with zero attached hydrogens (tertiary/aromatic N) is 1. The number of anilines is 1. The first kappa shape index (κ1) is 19.8. The van der Waals surface area contributed by atoms with Crippen LogP contribution in [0.25, 0.3) is 6.08 Å². The smallest absolute Gasteiger partial charge is 0.335 e. The van der Waals surface area contributed by atoms with Gasteiger partial charge in [0.15, 0.2) is 0 Å². The summed E-state index contributed by atoms with van der Waals surface area (Å²) in [6.45, 7) is 3.81. The highest BCUT2D eigenvalue weighted by Gasteiger charge is 2.36. The minimum atomic E-state index is -0.778. The molecule has 27 heavy (non-hydrogen) atoms. The number of carbonyl (C=O) groups is 3. The summed E-state index contributed by atoms with van der Waals surface area (Å²) in [6.07, 6.45) is 1.42. The van der Waals surface area contributed by atoms with Crippen LogP contribution in [-0.4, -0.2) is 23.0 Å². The first-order valence-corrected chi connectivity index (χ1v) is 10.0. The first-order chi connectivity index (χ1) is 12.7. The van der Waals surface area contributed by atoms with E-state index < -0.39 is 17.8 Å². The van der Waals surface area contributed by atoms with Crippen LogP contribution in [0.15, 0.2) is 35.9 Å². The van der Waals surface area contributed by atoms with E-state index in [-0.39, 0.29) is 11.3 Å². The molecule has 2 N–H and O–H groups in total. The lowest BCUT2D eigenvalue weighted by atomic mass is 10.1. The van der Waals surface area contributed by atoms with Crippen molar-refractivity contribution in [3.05, 3.63) is 59.7 Å². The van der Waals surface area contributed by atoms with Crippen molar-refractivity contribution in [1.29, 1.82) is 0 Å². The average Bonchev–Trinajstić information content (AvgIpc) is 2.59. The topological polar surface area (TPSA) is 86.7 Å². The Morgan fingerprint density at radius 1 is 1.00 bits per heavy atom. The van der Waals surface area contributed by atoms with Gasteiger partial charge in [-0.2, -0.15) is 0 Å². The average molecular weight is 588 g/mol. The maximum atomic E-state index is 12.9. The van der Waals surface area contributed by atoms with Gasteiger partial charge in [-0.25, -0.2) is 9.69 Å². The van der Waals surface area contributed by atoms with Crippen LogP contribution in [0.3, 0.4) is 0 Å². The summed E-state index contributed by atoms with van der Waals surface area (Å²) in [7, 11) is 0. The van der Waals surface area contributed by atoms with E-state index in [1.165, 1.54) is 6.08 Å². The molecule has 0 spiro atoms. The molecule has 0 aliphatic carbocycles. The van der Waals surface area contributed by atoms with Crippen molar-refractivity contribution >= 4 is 74.8 Å². The van der Waals surface area contributed by atoms with E-state index in [9.17, 15) is 19.5 Å². The van der Waals surface area contributed by atoms with E-state index in [1.54, 1.807) is 24.3 Å². The zero-order valence-corrected chi connectivity index (χ0v) is 18.7. The highest BCUT2D eigenvalue weighted by Crippen LogP contribution is 2.29. The summed E-state index contributed by atoms with van der Waals surface area (Å²) in [4.78, 5) is 38.4. The molecule has 6 nitrogen and oxygen atoms in total. The molecular formula is C19H14I2N2O4. The fraction of sp³-hybridized carbons (Fsp3) is 0.105. The van der Waals surface area contributed by atoms with Crippen molar-refractivity contribution < 1.29 is 19.5 Å². The number of aryl methyl sites for hydroxylation is 2. The predicted octanol–water partition coefficient (Wildman–Crippen LogP) is 3.88. The fourth-order valence-electron chi connectivity index (χ4n) is 2.59. The number of hydrogen-bond acceptors (Lipinski definition) is 4. The Balaban J connectivity index is 2.06. The molecule has 3 rings (SSSR count). The van der Waals surface area contributed by atoms with Crippen LogP contribution in [0.4, 0.5) is 10.5 Å². The van der Waals surface area contributed by atoms with Crippen LogP contribution in [0.5, 0.6) is 5.75 Å². The van der Waals surface area contributed by atoms with Crippen LogP contribution < -0.4 is 10.2 Å². The van der Waals surface area contributed by atoms with Crippen LogP contribution in [0, 0.1) is 21.0 Å². The highest BCUT2D eigenvalue weighted by molar-refractivity contribution is 14.1. The maximum absolute atomic E-state index is 12.9. The number of aromatic hydroxyl groups is 1. The van der Waals surface area contributed by atoms with Crippen LogP contribution in [0.2, 0.25) is 0 Å². The van der Waals surface area contributed by atoms with E-state index >= 15 is 0 Å². The number of phenolic OH excluding ortho intramolecular Hbond substituents is 1. The van der Waals surface area contributed by atoms with Gasteiger partial charge in [0.05, 0.1) is 12.8 Å². The van der Waals surface area contributed by atoms with Gasteiger partial charge in [0.1, 0.15) is 11.3 Å². The van der Waals surface area contributed by atoms with Gasteiger partial charge >= 0.3 is 6.03 Å². The number of hydrogen-bond donors (Lipinski definition) is 2. The number of carbonyl (C=O) groups excluding carboxylic acids is 3. The molecule has 0 radical (unpaired) electrons. The van der Waals surface area contributed by atoms with E-state index in [0.717, 1.165) is 16.0 Å². The largest absolute Gasteiger partial charge is 0.506 e. The summed E-state index contributed by atoms with van der Waals surface area (Å²) >= 11 is 3.94. The Bertz CT molecular complexity index is 1010. The molecule has 1 aliphatic rings. The third kappa shape index (κ3) is 3.86. The van der Waals surface area contributed by atoms with Gasteiger partial charge in [0.25, 0.3) is 11.8 Å². The third-order valence-corrected chi connectivity index (χ3v) is 5.85. The molecule has 0 saturated carbocycles. The second-order valence-electron chi connectivity index (χ2n) is 6.06. The first-order valence-electron chi connectivity index (χ1n) is 7.85. The quantitative estimate of drug-likeness (QED) is 0.317. The molecule has 1 aliphatic heterocycles. The molecule has 1 fully saturated rings. The number of phenols is 1. The Morgan fingerprint density at radius 3 is 2.22 bits per heavy atom. The molecule has 0 aromatic heterocycles. The number of rotatable bonds is 2. The molecule has 2 aromatic rings. The lowest BCUT2D eigenvalue weighted by Crippen LogP contribution is -2.54. The van der Waals surface area contributed by atoms with Crippen molar-refractivity contribution in [2.45, 2.75) is 13.8 Å². The van der Waals surface area contributed by atoms with Gasteiger partial charge in [-0.1, -0.05) is 6.07 Å². The SMILES string of the molecule is Cc1ccc(N2C(=O)NC(=O)/C(=C\c3cc(I)c(O)c(I)c3)C2=O)cc1C. The number of barbiturate groups is 1. The van der Waals surface area contributed by atoms with Crippen molar-refractivity contribution in [2.75, 3.05) is 4.90 Å². The Kier molecular flexibility index (Phi) is 5.56. The molecule has 0 atom stereocenters. The van der Waals surface area contributed by atoms with Crippen molar-refractivity contribution in [3.63, 3.8) is 0 Å². The molecule has 138 valence electrons. The number of halogens is 2. The normalized spacial score (nSPS) is 16.1. The number of imide groups is 2. The number of urea groups is 1. The van der Waals surface area contributed by atoms with Gasteiger partial charge in [-0.3, -0.25) is 14.9 Å². The van der Waals surface area contributed by atoms with Gasteiger partial charge < -0.3 is 5.11 Å². The van der Waals surface area contributed by atoms with E-state index in [2.05, 4.69) is 5.32 Å². The molecule has 8 heteroatoms. The standard InChI is InChI=1S/C19H14I2N2O4/c1-9-3-4-12(5-10(9)2)23-18(26)13(17(25)22-19(23)27)6-11-7-14(20)16(24)15(21)8-11/h3-8,24H,1-2H3,(H,22,25,27)/b13-6+. The zero-order chi connectivity index (χ0) is 19.9. The zero-order valence-electron chi connectivity index (χ0n) is 14.3. The summed E-state index contributed by atoms with van der Waals surface area (Å²) in [6, 6.07) is 7.74. The molecule has 2 aromatic carbocycles. The van der Waals surface area contributed by atoms with Crippen LogP contribution in [0.1, 0.15) is 16.7 Å². The van der Waals surface area contributed by atoms with Crippen molar-refractivity contribution in [1.82, 2.24) is 5.32 Å². The summed E-state index contributed by atoms with van der Waals surface area (Å²) in [5.74, 6) is -1.29. The minimum Gasteiger partial charge on any atom is -0.506 e. The predicted molar refractivity (Wildman–Crippen MR) is 118 cm³/mol. The van der Waals surface area contributed by atoms with Gasteiger partial charge in [-0.15, -0.1) is 0 Å². The Labute approximate surface area is 182 Å². The van der Waals surface area contributed by atoms with E-state index in [1.807, 2.05) is 65.1 Å². The molecule has 0 unspecified atom stereocenters. The molecule has 1 heterocycles. The monoisotopic (exact) mass is 588 g/mol. The summed E-state index contributed by atoms with van der Waals surface area (Å²) < 4.78 is 1.19. The molecule has 4 amide bonds. The van der Waals surface area contributed by atoms with Crippen molar-refractivity contribution in [2.24, 2.45) is 0 Å². The van der Waals surface area contributed by atoms with Crippen molar-refractivity contribution in [3.8, 4) is 5.75 Å². The third-order valence-electron chi connectivity index (χ3n) is 4.20. The number of benzene rings is 2. The lowest BCUT2D eigenvalue weighted by Gasteiger charge is -2.26. The second-order valence-corrected chi connectivity index (χ2v) is 8.38. The van der Waals surface area contributed by atoms with E-state index in [0.29, 0.717) is 18.4 Å². The molecule has 1 saturated heterocycles. The fourth-order valence-corrected chi connectivity index (χ4v) is 4.41. The Hall–Kier alpha value is -1.95. The Morgan fingerprint density at radius 2 is 1.63 bits per heavy atom. The maximum Gasteiger partial charge on any atom is 0.335 e. The minimum absolute atomic E-state index is 0.143. The summed E-state index contributed by atoms with van der Waals surface area (Å²) in [5.41, 5.74) is 2.79. The van der Waals surface area contributed by atoms with Gasteiger partial charge in [-0.05, 0) is 106 Å². The molecule has 0 bridgehead atoms. The number of nitrogens with one attached hydrogen (secondary N) is 1.